The molecule has 8 nitrogen and oxygen atoms in total. The van der Waals surface area contributed by atoms with Gasteiger partial charge in [-0.15, -0.1) is 11.3 Å². The Labute approximate surface area is 177 Å². The van der Waals surface area contributed by atoms with Crippen molar-refractivity contribution in [3.05, 3.63) is 63.8 Å². The number of hydrogen-bond acceptors (Lipinski definition) is 7. The highest BCUT2D eigenvalue weighted by Gasteiger charge is 2.13. The summed E-state index contributed by atoms with van der Waals surface area (Å²) in [5, 5.41) is 16.4. The molecule has 1 heterocycles. The minimum atomic E-state index is -0.707. The van der Waals surface area contributed by atoms with E-state index in [1.165, 1.54) is 23.5 Å². The first kappa shape index (κ1) is 21.3. The lowest BCUT2D eigenvalue weighted by Crippen LogP contribution is -2.14. The average Bonchev–Trinajstić information content (AvgIpc) is 3.15. The maximum absolute atomic E-state index is 11.6. The van der Waals surface area contributed by atoms with E-state index in [0.29, 0.717) is 29.2 Å². The van der Waals surface area contributed by atoms with E-state index in [1.54, 1.807) is 31.2 Å². The van der Waals surface area contributed by atoms with Crippen molar-refractivity contribution in [1.29, 1.82) is 0 Å². The van der Waals surface area contributed by atoms with Gasteiger partial charge in [0.15, 0.2) is 0 Å². The minimum Gasteiger partial charge on any atom is -0.507 e. The highest BCUT2D eigenvalue weighted by atomic mass is 32.1. The third-order valence-electron chi connectivity index (χ3n) is 4.20. The summed E-state index contributed by atoms with van der Waals surface area (Å²) in [6.45, 7) is 0.963. The molecule has 9 heteroatoms. The number of carbonyl (C=O) groups excluding carboxylic acids is 1. The van der Waals surface area contributed by atoms with Gasteiger partial charge in [-0.3, -0.25) is 9.79 Å². The molecule has 0 saturated heterocycles. The van der Waals surface area contributed by atoms with Gasteiger partial charge in [-0.1, -0.05) is 12.1 Å². The Morgan fingerprint density at radius 3 is 2.83 bits per heavy atom. The Morgan fingerprint density at radius 2 is 2.10 bits per heavy atom. The molecule has 0 spiro atoms. The van der Waals surface area contributed by atoms with Crippen molar-refractivity contribution in [2.24, 2.45) is 15.8 Å². The first-order chi connectivity index (χ1) is 14.5. The molecule has 0 aliphatic rings. The number of thiazole rings is 1. The quantitative estimate of drug-likeness (QED) is 0.426. The van der Waals surface area contributed by atoms with Gasteiger partial charge in [-0.05, 0) is 35.9 Å². The van der Waals surface area contributed by atoms with Gasteiger partial charge in [0.1, 0.15) is 11.5 Å². The van der Waals surface area contributed by atoms with Gasteiger partial charge in [0, 0.05) is 18.1 Å². The first-order valence-corrected chi connectivity index (χ1v) is 9.93. The van der Waals surface area contributed by atoms with Crippen molar-refractivity contribution in [1.82, 2.24) is 4.68 Å². The number of benzene rings is 2. The first-order valence-electron chi connectivity index (χ1n) is 9.05. The third-order valence-corrected chi connectivity index (χ3v) is 5.06. The maximum atomic E-state index is 11.6. The van der Waals surface area contributed by atoms with E-state index in [4.69, 9.17) is 15.2 Å². The molecule has 1 amide bonds. The molecule has 0 aliphatic heterocycles. The SMILES string of the molecule is COCCN=c1scc(-c2ccc(O)c(C(N)=O)c2)n1/N=C\c1cccc(OC)c1. The number of primary amides is 1. The molecule has 1 aromatic heterocycles. The molecule has 0 atom stereocenters. The van der Waals surface area contributed by atoms with Gasteiger partial charge in [-0.2, -0.15) is 5.10 Å². The van der Waals surface area contributed by atoms with E-state index < -0.39 is 5.91 Å². The Hall–Kier alpha value is -3.43. The fourth-order valence-corrected chi connectivity index (χ4v) is 3.55. The number of carbonyl (C=O) groups is 1. The molecule has 156 valence electrons. The lowest BCUT2D eigenvalue weighted by atomic mass is 10.1. The van der Waals surface area contributed by atoms with Crippen LogP contribution in [0.5, 0.6) is 11.5 Å². The summed E-state index contributed by atoms with van der Waals surface area (Å²) in [7, 11) is 3.22. The second-order valence-electron chi connectivity index (χ2n) is 6.21. The zero-order chi connectivity index (χ0) is 21.5. The number of rotatable bonds is 8. The van der Waals surface area contributed by atoms with Crippen LogP contribution in [0.2, 0.25) is 0 Å². The van der Waals surface area contributed by atoms with Gasteiger partial charge in [-0.25, -0.2) is 4.68 Å². The Kier molecular flexibility index (Phi) is 6.99. The third kappa shape index (κ3) is 4.94. The summed E-state index contributed by atoms with van der Waals surface area (Å²) in [5.41, 5.74) is 7.65. The molecular weight excluding hydrogens is 404 g/mol. The molecule has 3 rings (SSSR count). The number of phenols is 1. The molecule has 0 radical (unpaired) electrons. The van der Waals surface area contributed by atoms with Crippen LogP contribution in [0, 0.1) is 0 Å². The molecule has 0 fully saturated rings. The van der Waals surface area contributed by atoms with E-state index in [-0.39, 0.29) is 11.3 Å². The van der Waals surface area contributed by atoms with Crippen molar-refractivity contribution in [2.45, 2.75) is 0 Å². The van der Waals surface area contributed by atoms with Gasteiger partial charge >= 0.3 is 0 Å². The summed E-state index contributed by atoms with van der Waals surface area (Å²) >= 11 is 1.41. The standard InChI is InChI=1S/C21H22N4O4S/c1-28-9-8-23-21-25(24-12-14-4-3-5-16(10-14)29-2)18(13-30-21)15-6-7-19(26)17(11-15)20(22)27/h3-7,10-13,26H,8-9H2,1-2H3,(H2,22,27)/b23-21?,24-12-. The lowest BCUT2D eigenvalue weighted by molar-refractivity contribution is 0.0998. The van der Waals surface area contributed by atoms with Crippen LogP contribution < -0.4 is 15.3 Å². The van der Waals surface area contributed by atoms with Gasteiger partial charge in [0.05, 0.1) is 37.7 Å². The average molecular weight is 426 g/mol. The van der Waals surface area contributed by atoms with E-state index in [0.717, 1.165) is 11.3 Å². The molecular formula is C21H22N4O4S. The second-order valence-corrected chi connectivity index (χ2v) is 7.04. The van der Waals surface area contributed by atoms with Crippen molar-refractivity contribution in [3.63, 3.8) is 0 Å². The van der Waals surface area contributed by atoms with Crippen LogP contribution in [0.25, 0.3) is 11.3 Å². The second kappa shape index (κ2) is 9.86. The van der Waals surface area contributed by atoms with Crippen LogP contribution in [0.4, 0.5) is 0 Å². The Balaban J connectivity index is 2.08. The number of hydrogen-bond donors (Lipinski definition) is 2. The molecule has 3 N–H and O–H groups in total. The van der Waals surface area contributed by atoms with Crippen LogP contribution in [0.1, 0.15) is 15.9 Å². The number of ether oxygens (including phenoxy) is 2. The van der Waals surface area contributed by atoms with Crippen molar-refractivity contribution >= 4 is 23.5 Å². The summed E-state index contributed by atoms with van der Waals surface area (Å²) in [6, 6.07) is 12.2. The maximum Gasteiger partial charge on any atom is 0.252 e. The molecule has 0 aliphatic carbocycles. The highest BCUT2D eigenvalue weighted by molar-refractivity contribution is 7.07. The van der Waals surface area contributed by atoms with Crippen molar-refractivity contribution < 1.29 is 19.4 Å². The summed E-state index contributed by atoms with van der Waals surface area (Å²) in [4.78, 5) is 16.8. The van der Waals surface area contributed by atoms with Crippen LogP contribution in [-0.4, -0.2) is 49.3 Å². The zero-order valence-electron chi connectivity index (χ0n) is 16.6. The fourth-order valence-electron chi connectivity index (χ4n) is 2.69. The summed E-state index contributed by atoms with van der Waals surface area (Å²) in [5.74, 6) is -0.150. The molecule has 0 bridgehead atoms. The zero-order valence-corrected chi connectivity index (χ0v) is 17.4. The topological polar surface area (TPSA) is 111 Å². The normalized spacial score (nSPS) is 11.9. The molecule has 3 aromatic rings. The van der Waals surface area contributed by atoms with Gasteiger partial charge < -0.3 is 20.3 Å². The number of nitrogens with two attached hydrogens (primary N) is 1. The Bertz CT molecular complexity index is 1130. The number of aromatic hydroxyl groups is 1. The summed E-state index contributed by atoms with van der Waals surface area (Å²) in [6.07, 6.45) is 1.70. The highest BCUT2D eigenvalue weighted by Crippen LogP contribution is 2.26. The molecule has 2 aromatic carbocycles. The van der Waals surface area contributed by atoms with Crippen molar-refractivity contribution in [2.75, 3.05) is 27.4 Å². The summed E-state index contributed by atoms with van der Waals surface area (Å²) < 4.78 is 12.0. The number of amides is 1. The molecule has 0 saturated carbocycles. The monoisotopic (exact) mass is 426 g/mol. The van der Waals surface area contributed by atoms with Crippen LogP contribution in [0.3, 0.4) is 0 Å². The lowest BCUT2D eigenvalue weighted by Gasteiger charge is -2.07. The predicted octanol–water partition coefficient (Wildman–Crippen LogP) is 2.46. The smallest absolute Gasteiger partial charge is 0.252 e. The van der Waals surface area contributed by atoms with Crippen molar-refractivity contribution in [3.8, 4) is 22.8 Å². The Morgan fingerprint density at radius 1 is 1.27 bits per heavy atom. The fraction of sp³-hybridized carbons (Fsp3) is 0.190. The van der Waals surface area contributed by atoms with Gasteiger partial charge in [0.2, 0.25) is 4.80 Å². The minimum absolute atomic E-state index is 0.0416. The number of nitrogens with zero attached hydrogens (tertiary/aromatic N) is 3. The van der Waals surface area contributed by atoms with Gasteiger partial charge in [0.25, 0.3) is 5.91 Å². The largest absolute Gasteiger partial charge is 0.507 e. The van der Waals surface area contributed by atoms with Crippen LogP contribution in [0.15, 0.2) is 57.9 Å². The number of methoxy groups -OCH3 is 2. The number of aromatic nitrogens is 1. The van der Waals surface area contributed by atoms with E-state index in [2.05, 4.69) is 10.1 Å². The molecule has 30 heavy (non-hydrogen) atoms. The predicted molar refractivity (Wildman–Crippen MR) is 116 cm³/mol. The molecule has 0 unspecified atom stereocenters. The van der Waals surface area contributed by atoms with E-state index in [9.17, 15) is 9.90 Å². The van der Waals surface area contributed by atoms with Crippen LogP contribution >= 0.6 is 11.3 Å². The van der Waals surface area contributed by atoms with Crippen LogP contribution in [-0.2, 0) is 4.74 Å². The van der Waals surface area contributed by atoms with E-state index >= 15 is 0 Å². The van der Waals surface area contributed by atoms with E-state index in [1.807, 2.05) is 29.6 Å².